The molecule has 0 aliphatic carbocycles. The van der Waals surface area contributed by atoms with Crippen LogP contribution in [0.1, 0.15) is 45.2 Å². The minimum Gasteiger partial charge on any atom is -0.494 e. The molecule has 0 saturated carbocycles. The molecular weight excluding hydrogens is 534 g/mol. The molecule has 1 N–H and O–H groups in total. The monoisotopic (exact) mass is 569 g/mol. The maximum Gasteiger partial charge on any atom is 0.264 e. The number of amides is 1. The molecule has 208 valence electrons. The third-order valence-corrected chi connectivity index (χ3v) is 9.08. The highest BCUT2D eigenvalue weighted by atomic mass is 35.5. The summed E-state index contributed by atoms with van der Waals surface area (Å²) in [5.74, 6) is 0.968. The van der Waals surface area contributed by atoms with Crippen LogP contribution in [0.2, 0.25) is 5.02 Å². The fourth-order valence-electron chi connectivity index (χ4n) is 4.67. The lowest BCUT2D eigenvalue weighted by atomic mass is 9.98. The summed E-state index contributed by atoms with van der Waals surface area (Å²) in [7, 11) is -4.05. The Morgan fingerprint density at radius 1 is 1.03 bits per heavy atom. The Morgan fingerprint density at radius 2 is 1.64 bits per heavy atom. The number of nitrogens with one attached hydrogen (secondary N) is 1. The average Bonchev–Trinajstić information content (AvgIpc) is 2.93. The van der Waals surface area contributed by atoms with Crippen molar-refractivity contribution < 1.29 is 17.9 Å². The van der Waals surface area contributed by atoms with Gasteiger partial charge >= 0.3 is 0 Å². The van der Waals surface area contributed by atoms with Crippen LogP contribution in [-0.2, 0) is 14.8 Å². The molecule has 0 spiro atoms. The number of ether oxygens (including phenoxy) is 1. The van der Waals surface area contributed by atoms with Crippen molar-refractivity contribution in [2.45, 2.75) is 44.6 Å². The molecule has 1 atom stereocenters. The standard InChI is InChI=1S/C30H36ClN3O4S/c1-4-38-28-13-11-27(12-14-28)34(39(36,37)29-15-7-25(31)8-16-29)21-30(35)32-23(3)24-5-9-26(10-6-24)33-19-17-22(2)18-20-33/h5-16,22-23H,4,17-21H2,1-3H3,(H,32,35). The van der Waals surface area contributed by atoms with E-state index in [1.54, 1.807) is 24.3 Å². The van der Waals surface area contributed by atoms with E-state index >= 15 is 0 Å². The number of piperidine rings is 1. The molecule has 1 heterocycles. The van der Waals surface area contributed by atoms with Gasteiger partial charge in [-0.3, -0.25) is 9.10 Å². The van der Waals surface area contributed by atoms with Crippen LogP contribution in [0, 0.1) is 5.92 Å². The molecule has 9 heteroatoms. The number of benzene rings is 3. The van der Waals surface area contributed by atoms with Crippen molar-refractivity contribution in [3.05, 3.63) is 83.4 Å². The van der Waals surface area contributed by atoms with E-state index in [-0.39, 0.29) is 17.5 Å². The van der Waals surface area contributed by atoms with Gasteiger partial charge in [0.2, 0.25) is 5.91 Å². The van der Waals surface area contributed by atoms with E-state index in [9.17, 15) is 13.2 Å². The highest BCUT2D eigenvalue weighted by molar-refractivity contribution is 7.92. The number of anilines is 2. The first-order valence-corrected chi connectivity index (χ1v) is 15.1. The zero-order chi connectivity index (χ0) is 28.0. The fraction of sp³-hybridized carbons (Fsp3) is 0.367. The van der Waals surface area contributed by atoms with Gasteiger partial charge in [-0.15, -0.1) is 0 Å². The van der Waals surface area contributed by atoms with Gasteiger partial charge in [-0.2, -0.15) is 0 Å². The Hall–Kier alpha value is -3.23. The average molecular weight is 570 g/mol. The van der Waals surface area contributed by atoms with Crippen molar-refractivity contribution in [1.29, 1.82) is 0 Å². The zero-order valence-electron chi connectivity index (χ0n) is 22.6. The fourth-order valence-corrected chi connectivity index (χ4v) is 6.21. The molecule has 39 heavy (non-hydrogen) atoms. The molecule has 0 radical (unpaired) electrons. The summed E-state index contributed by atoms with van der Waals surface area (Å²) in [5.41, 5.74) is 2.49. The van der Waals surface area contributed by atoms with Crippen LogP contribution in [0.25, 0.3) is 0 Å². The van der Waals surface area contributed by atoms with Crippen molar-refractivity contribution in [2.75, 3.05) is 35.4 Å². The molecule has 1 aliphatic rings. The Bertz CT molecular complexity index is 1340. The summed E-state index contributed by atoms with van der Waals surface area (Å²) in [4.78, 5) is 15.6. The number of carbonyl (C=O) groups is 1. The van der Waals surface area contributed by atoms with Gasteiger partial charge in [0.25, 0.3) is 10.0 Å². The van der Waals surface area contributed by atoms with Crippen molar-refractivity contribution in [2.24, 2.45) is 5.92 Å². The summed E-state index contributed by atoms with van der Waals surface area (Å²) in [5, 5.41) is 3.39. The third kappa shape index (κ3) is 7.25. The highest BCUT2D eigenvalue weighted by Gasteiger charge is 2.28. The van der Waals surface area contributed by atoms with Gasteiger partial charge in [-0.05, 0) is 98.8 Å². The number of sulfonamides is 1. The molecule has 1 saturated heterocycles. The van der Waals surface area contributed by atoms with E-state index < -0.39 is 15.9 Å². The minimum absolute atomic E-state index is 0.0457. The Kier molecular flexibility index (Phi) is 9.40. The van der Waals surface area contributed by atoms with Gasteiger partial charge in [-0.1, -0.05) is 30.7 Å². The van der Waals surface area contributed by atoms with E-state index in [2.05, 4.69) is 29.3 Å². The van der Waals surface area contributed by atoms with Crippen LogP contribution in [0.3, 0.4) is 0 Å². The maximum absolute atomic E-state index is 13.6. The van der Waals surface area contributed by atoms with Crippen molar-refractivity contribution in [3.63, 3.8) is 0 Å². The molecule has 1 amide bonds. The van der Waals surface area contributed by atoms with Gasteiger partial charge < -0.3 is 15.0 Å². The molecule has 7 nitrogen and oxygen atoms in total. The highest BCUT2D eigenvalue weighted by Crippen LogP contribution is 2.28. The van der Waals surface area contributed by atoms with Gasteiger partial charge in [-0.25, -0.2) is 8.42 Å². The first-order valence-electron chi connectivity index (χ1n) is 13.3. The van der Waals surface area contributed by atoms with Crippen molar-refractivity contribution in [1.82, 2.24) is 5.32 Å². The predicted molar refractivity (Wildman–Crippen MR) is 157 cm³/mol. The molecule has 3 aromatic rings. The molecule has 1 aliphatic heterocycles. The number of carbonyl (C=O) groups excluding carboxylic acids is 1. The molecule has 1 fully saturated rings. The summed E-state index contributed by atoms with van der Waals surface area (Å²) >= 11 is 5.98. The second kappa shape index (κ2) is 12.7. The van der Waals surface area contributed by atoms with Crippen LogP contribution >= 0.6 is 11.6 Å². The maximum atomic E-state index is 13.6. The van der Waals surface area contributed by atoms with Crippen molar-refractivity contribution in [3.8, 4) is 5.75 Å². The van der Waals surface area contributed by atoms with Crippen LogP contribution in [0.4, 0.5) is 11.4 Å². The Morgan fingerprint density at radius 3 is 2.23 bits per heavy atom. The molecule has 3 aromatic carbocycles. The van der Waals surface area contributed by atoms with E-state index in [4.69, 9.17) is 16.3 Å². The van der Waals surface area contributed by atoms with Crippen LogP contribution in [0.15, 0.2) is 77.7 Å². The lowest BCUT2D eigenvalue weighted by molar-refractivity contribution is -0.120. The number of rotatable bonds is 10. The Balaban J connectivity index is 1.50. The third-order valence-electron chi connectivity index (χ3n) is 7.04. The minimum atomic E-state index is -4.05. The van der Waals surface area contributed by atoms with Gasteiger partial charge in [0.15, 0.2) is 0 Å². The molecule has 4 rings (SSSR count). The number of halogens is 1. The number of hydrogen-bond donors (Lipinski definition) is 1. The normalized spacial score (nSPS) is 15.0. The first-order chi connectivity index (χ1) is 18.7. The summed E-state index contributed by atoms with van der Waals surface area (Å²) in [6, 6.07) is 20.5. The van der Waals surface area contributed by atoms with Crippen LogP contribution < -0.4 is 19.3 Å². The van der Waals surface area contributed by atoms with E-state index in [0.29, 0.717) is 23.1 Å². The largest absolute Gasteiger partial charge is 0.494 e. The Labute approximate surface area is 236 Å². The molecule has 1 unspecified atom stereocenters. The van der Waals surface area contributed by atoms with Gasteiger partial charge in [0, 0.05) is 23.8 Å². The van der Waals surface area contributed by atoms with E-state index in [0.717, 1.165) is 28.9 Å². The van der Waals surface area contributed by atoms with Crippen LogP contribution in [0.5, 0.6) is 5.75 Å². The molecule has 0 aromatic heterocycles. The number of hydrogen-bond acceptors (Lipinski definition) is 5. The summed E-state index contributed by atoms with van der Waals surface area (Å²) in [6.45, 7) is 8.27. The summed E-state index contributed by atoms with van der Waals surface area (Å²) in [6.07, 6.45) is 2.38. The van der Waals surface area contributed by atoms with Gasteiger partial charge in [0.05, 0.1) is 23.2 Å². The summed E-state index contributed by atoms with van der Waals surface area (Å²) < 4.78 is 33.8. The predicted octanol–water partition coefficient (Wildman–Crippen LogP) is 6.05. The molecule has 0 bridgehead atoms. The lowest BCUT2D eigenvalue weighted by Crippen LogP contribution is -2.41. The topological polar surface area (TPSA) is 79.0 Å². The van der Waals surface area contributed by atoms with Gasteiger partial charge in [0.1, 0.15) is 12.3 Å². The first kappa shape index (κ1) is 28.8. The molecular formula is C30H36ClN3O4S. The van der Waals surface area contributed by atoms with Crippen LogP contribution in [-0.4, -0.2) is 40.6 Å². The SMILES string of the molecule is CCOc1ccc(N(CC(=O)NC(C)c2ccc(N3CCC(C)CC3)cc2)S(=O)(=O)c2ccc(Cl)cc2)cc1. The van der Waals surface area contributed by atoms with E-state index in [1.165, 1.54) is 42.8 Å². The smallest absolute Gasteiger partial charge is 0.264 e. The zero-order valence-corrected chi connectivity index (χ0v) is 24.2. The van der Waals surface area contributed by atoms with Crippen molar-refractivity contribution >= 4 is 38.9 Å². The second-order valence-corrected chi connectivity index (χ2v) is 12.2. The number of nitrogens with zero attached hydrogens (tertiary/aromatic N) is 2. The second-order valence-electron chi connectivity index (χ2n) is 9.94. The lowest BCUT2D eigenvalue weighted by Gasteiger charge is -2.32. The van der Waals surface area contributed by atoms with E-state index in [1.807, 2.05) is 26.0 Å². The quantitative estimate of drug-likeness (QED) is 0.322.